The Bertz CT molecular complexity index is 2210. The van der Waals surface area contributed by atoms with Gasteiger partial charge in [-0.1, -0.05) is 32.4 Å². The SMILES string of the molecule is CCC(C)C(NC(=O)C(CCC(=O)O)NC(=O)C(CCCN=C(N)N)NC(=O)C(CCC(=O)O)NC(=O)C(CC(N)=O)NC(=O)C(CCC(=O)O)NC(=O)C(N)Cc1ccc(O)cc1)C(=O)NC(CCCCN)C(=O)O. The largest absolute Gasteiger partial charge is 0.508 e. The quantitative estimate of drug-likeness (QED) is 0.0168. The average molecular weight is 1080 g/mol. The standard InChI is InChI=1S/C46H73N13O17/c1-3-23(2)37(44(74)57-31(45(75)76)7-4-5-19-47)59-42(72)30(15-18-36(66)67)55-39(69)27(8-6-20-52-46(50)51)54-40(70)29(14-17-35(64)65)56-43(73)32(22-33(49)61)58-41(71)28(13-16-34(62)63)53-38(68)26(48)21-24-9-11-25(60)12-10-24/h9-12,23,26-32,37,60H,3-8,13-22,47-48H2,1-2H3,(H2,49,61)(H,53,68)(H,54,70)(H,55,69)(H,56,73)(H,57,74)(H,58,71)(H,59,72)(H,62,63)(H,64,65)(H,66,67)(H,75,76)(H4,50,51,52). The molecule has 0 fully saturated rings. The van der Waals surface area contributed by atoms with Gasteiger partial charge < -0.3 is 91.4 Å². The molecule has 0 aromatic heterocycles. The van der Waals surface area contributed by atoms with Crippen molar-refractivity contribution in [3.63, 3.8) is 0 Å². The maximum absolute atomic E-state index is 14.1. The molecular formula is C46H73N13O17. The number of carboxylic acid groups (broad SMARTS) is 4. The van der Waals surface area contributed by atoms with Gasteiger partial charge in [0.2, 0.25) is 47.3 Å². The minimum atomic E-state index is -1.96. The van der Waals surface area contributed by atoms with E-state index in [2.05, 4.69) is 42.2 Å². The van der Waals surface area contributed by atoms with Crippen LogP contribution in [0, 0.1) is 5.92 Å². The van der Waals surface area contributed by atoms with Crippen LogP contribution in [0.5, 0.6) is 5.75 Å². The van der Waals surface area contributed by atoms with Crippen molar-refractivity contribution in [1.82, 2.24) is 37.2 Å². The Kier molecular flexibility index (Phi) is 29.8. The molecule has 9 atom stereocenters. The molecule has 76 heavy (non-hydrogen) atoms. The van der Waals surface area contributed by atoms with Gasteiger partial charge in [-0.3, -0.25) is 57.7 Å². The zero-order valence-electron chi connectivity index (χ0n) is 42.3. The van der Waals surface area contributed by atoms with Crippen LogP contribution in [0.1, 0.15) is 103 Å². The predicted molar refractivity (Wildman–Crippen MR) is 268 cm³/mol. The lowest BCUT2D eigenvalue weighted by Gasteiger charge is -2.29. The Hall–Kier alpha value is -8.15. The highest BCUT2D eigenvalue weighted by Gasteiger charge is 2.36. The van der Waals surface area contributed by atoms with Gasteiger partial charge >= 0.3 is 23.9 Å². The van der Waals surface area contributed by atoms with Gasteiger partial charge in [-0.05, 0) is 87.9 Å². The Morgan fingerprint density at radius 2 is 0.947 bits per heavy atom. The van der Waals surface area contributed by atoms with Gasteiger partial charge in [0.05, 0.1) is 12.5 Å². The zero-order chi connectivity index (χ0) is 57.7. The normalized spacial score (nSPS) is 14.4. The number of phenols is 1. The van der Waals surface area contributed by atoms with Crippen LogP contribution >= 0.6 is 0 Å². The highest BCUT2D eigenvalue weighted by Crippen LogP contribution is 2.14. The number of guanidine groups is 1. The van der Waals surface area contributed by atoms with Crippen molar-refractivity contribution in [2.45, 2.75) is 152 Å². The maximum Gasteiger partial charge on any atom is 0.326 e. The highest BCUT2D eigenvalue weighted by molar-refractivity contribution is 5.99. The number of benzene rings is 1. The van der Waals surface area contributed by atoms with Gasteiger partial charge in [-0.2, -0.15) is 0 Å². The molecule has 1 aromatic carbocycles. The topological polar surface area (TPSA) is 533 Å². The first kappa shape index (κ1) is 65.9. The summed E-state index contributed by atoms with van der Waals surface area (Å²) in [6, 6.07) is -7.38. The summed E-state index contributed by atoms with van der Waals surface area (Å²) in [7, 11) is 0. The van der Waals surface area contributed by atoms with E-state index in [1.807, 2.05) is 0 Å². The smallest absolute Gasteiger partial charge is 0.326 e. The molecule has 1 rings (SSSR count). The minimum Gasteiger partial charge on any atom is -0.508 e. The second kappa shape index (κ2) is 34.4. The maximum atomic E-state index is 14.1. The number of aliphatic carboxylic acids is 4. The van der Waals surface area contributed by atoms with Gasteiger partial charge in [-0.15, -0.1) is 0 Å². The predicted octanol–water partition coefficient (Wildman–Crippen LogP) is -4.56. The van der Waals surface area contributed by atoms with Crippen molar-refractivity contribution in [3.05, 3.63) is 29.8 Å². The van der Waals surface area contributed by atoms with E-state index in [1.54, 1.807) is 13.8 Å². The summed E-state index contributed by atoms with van der Waals surface area (Å²) in [4.78, 5) is 159. The number of carbonyl (C=O) groups excluding carboxylic acids is 8. The number of nitrogens with two attached hydrogens (primary N) is 5. The van der Waals surface area contributed by atoms with E-state index in [0.717, 1.165) is 0 Å². The summed E-state index contributed by atoms with van der Waals surface area (Å²) in [5.41, 5.74) is 28.3. The third-order valence-corrected chi connectivity index (χ3v) is 11.5. The molecule has 0 aliphatic rings. The molecule has 30 heteroatoms. The fourth-order valence-electron chi connectivity index (χ4n) is 7.11. The molecule has 0 aliphatic carbocycles. The molecule has 0 spiro atoms. The first-order valence-electron chi connectivity index (χ1n) is 24.3. The molecule has 0 saturated heterocycles. The number of aromatic hydroxyl groups is 1. The Balaban J connectivity index is 3.58. The van der Waals surface area contributed by atoms with Crippen LogP contribution < -0.4 is 65.9 Å². The number of unbranched alkanes of at least 4 members (excludes halogenated alkanes) is 1. The van der Waals surface area contributed by atoms with Crippen LogP contribution in [0.15, 0.2) is 29.3 Å². The number of nitrogens with one attached hydrogen (secondary N) is 7. The Morgan fingerprint density at radius 3 is 1.37 bits per heavy atom. The number of nitrogens with zero attached hydrogens (tertiary/aromatic N) is 1. The van der Waals surface area contributed by atoms with Crippen molar-refractivity contribution in [2.75, 3.05) is 13.1 Å². The molecule has 22 N–H and O–H groups in total. The molecule has 0 heterocycles. The molecule has 0 radical (unpaired) electrons. The van der Waals surface area contributed by atoms with E-state index in [1.165, 1.54) is 24.3 Å². The highest BCUT2D eigenvalue weighted by atomic mass is 16.4. The van der Waals surface area contributed by atoms with Gasteiger partial charge in [-0.25, -0.2) is 4.79 Å². The third kappa shape index (κ3) is 26.2. The van der Waals surface area contributed by atoms with Gasteiger partial charge in [0.1, 0.15) is 48.0 Å². The second-order valence-corrected chi connectivity index (χ2v) is 17.8. The van der Waals surface area contributed by atoms with Crippen LogP contribution in [0.25, 0.3) is 0 Å². The van der Waals surface area contributed by atoms with Crippen LogP contribution in [-0.2, 0) is 64.0 Å². The van der Waals surface area contributed by atoms with E-state index in [4.69, 9.17) is 28.7 Å². The fourth-order valence-corrected chi connectivity index (χ4v) is 7.11. The van der Waals surface area contributed by atoms with Crippen LogP contribution in [0.2, 0.25) is 0 Å². The molecule has 424 valence electrons. The number of aliphatic imine (C=N–C) groups is 1. The number of amides is 8. The van der Waals surface area contributed by atoms with E-state index in [0.29, 0.717) is 18.4 Å². The van der Waals surface area contributed by atoms with Crippen LogP contribution in [0.4, 0.5) is 0 Å². The van der Waals surface area contributed by atoms with Crippen LogP contribution in [0.3, 0.4) is 0 Å². The third-order valence-electron chi connectivity index (χ3n) is 11.5. The van der Waals surface area contributed by atoms with Crippen molar-refractivity contribution < 1.29 is 83.1 Å². The summed E-state index contributed by atoms with van der Waals surface area (Å²) < 4.78 is 0. The van der Waals surface area contributed by atoms with Crippen LogP contribution in [-0.4, -0.2) is 164 Å². The number of carboxylic acids is 4. The molecule has 30 nitrogen and oxygen atoms in total. The van der Waals surface area contributed by atoms with Crippen molar-refractivity contribution in [3.8, 4) is 5.75 Å². The van der Waals surface area contributed by atoms with Gasteiger partial charge in [0, 0.05) is 25.8 Å². The number of hydrogen-bond donors (Lipinski definition) is 17. The van der Waals surface area contributed by atoms with Crippen molar-refractivity contribution >= 4 is 77.1 Å². The summed E-state index contributed by atoms with van der Waals surface area (Å²) in [6.45, 7) is 3.39. The van der Waals surface area contributed by atoms with E-state index in [-0.39, 0.29) is 56.9 Å². The number of primary amides is 1. The lowest BCUT2D eigenvalue weighted by Crippen LogP contribution is -2.61. The zero-order valence-corrected chi connectivity index (χ0v) is 42.3. The molecular weight excluding hydrogens is 1010 g/mol. The average Bonchev–Trinajstić information content (AvgIpc) is 3.34. The molecule has 8 amide bonds. The molecule has 0 saturated carbocycles. The monoisotopic (exact) mass is 1080 g/mol. The summed E-state index contributed by atoms with van der Waals surface area (Å²) >= 11 is 0. The van der Waals surface area contributed by atoms with Crippen molar-refractivity contribution in [1.29, 1.82) is 0 Å². The second-order valence-electron chi connectivity index (χ2n) is 17.8. The Morgan fingerprint density at radius 1 is 0.539 bits per heavy atom. The fraction of sp³-hybridized carbons (Fsp3) is 0.587. The number of phenolic OH excluding ortho intramolecular Hbond substituents is 1. The summed E-state index contributed by atoms with van der Waals surface area (Å²) in [5, 5.41) is 64.0. The molecule has 1 aromatic rings. The summed E-state index contributed by atoms with van der Waals surface area (Å²) in [6.07, 6.45) is -4.39. The number of hydrogen-bond acceptors (Lipinski definition) is 16. The number of rotatable bonds is 38. The molecule has 9 unspecified atom stereocenters. The van der Waals surface area contributed by atoms with E-state index < -0.39 is 170 Å². The summed E-state index contributed by atoms with van der Waals surface area (Å²) in [5.74, 6) is -15.7. The van der Waals surface area contributed by atoms with Gasteiger partial charge in [0.15, 0.2) is 5.96 Å². The van der Waals surface area contributed by atoms with Crippen molar-refractivity contribution in [2.24, 2.45) is 39.6 Å². The van der Waals surface area contributed by atoms with E-state index >= 15 is 0 Å². The lowest BCUT2D eigenvalue weighted by molar-refractivity contribution is -0.143. The molecule has 0 bridgehead atoms. The number of carbonyl (C=O) groups is 12. The van der Waals surface area contributed by atoms with Gasteiger partial charge in [0.25, 0.3) is 0 Å². The van der Waals surface area contributed by atoms with E-state index in [9.17, 15) is 83.1 Å². The lowest BCUT2D eigenvalue weighted by atomic mass is 9.96. The first-order valence-corrected chi connectivity index (χ1v) is 24.3. The minimum absolute atomic E-state index is 0.0110. The Labute approximate surface area is 436 Å². The first-order chi connectivity index (χ1) is 35.7. The molecule has 0 aliphatic heterocycles.